The number of nitro benzene ring substituents is 1. The summed E-state index contributed by atoms with van der Waals surface area (Å²) >= 11 is 0. The largest absolute Gasteiger partial charge is 0.493 e. The van der Waals surface area contributed by atoms with Crippen LogP contribution in [0.2, 0.25) is 0 Å². The van der Waals surface area contributed by atoms with Gasteiger partial charge in [-0.3, -0.25) is 30.6 Å². The van der Waals surface area contributed by atoms with Crippen molar-refractivity contribution in [2.45, 2.75) is 13.8 Å². The summed E-state index contributed by atoms with van der Waals surface area (Å²) in [5, 5.41) is 11.7. The summed E-state index contributed by atoms with van der Waals surface area (Å²) in [6, 6.07) is 12.3. The molecule has 0 atom stereocenters. The molecule has 2 aromatic carbocycles. The van der Waals surface area contributed by atoms with Crippen LogP contribution in [-0.2, 0) is 0 Å². The summed E-state index contributed by atoms with van der Waals surface area (Å²) in [5.41, 5.74) is 6.22. The number of para-hydroxylation sites is 1. The highest BCUT2D eigenvalue weighted by molar-refractivity contribution is 6.03. The number of carbonyl (C=O) groups excluding carboxylic acids is 2. The number of rotatable bonds is 7. The van der Waals surface area contributed by atoms with Gasteiger partial charge in [-0.2, -0.15) is 0 Å². The first-order valence-corrected chi connectivity index (χ1v) is 10.1. The number of hydrogen-bond donors (Lipinski definition) is 2. The van der Waals surface area contributed by atoms with Gasteiger partial charge in [0.15, 0.2) is 5.75 Å². The number of nitrogens with zero attached hydrogens (tertiary/aromatic N) is 2. The Morgan fingerprint density at radius 1 is 0.882 bits per heavy atom. The van der Waals surface area contributed by atoms with Gasteiger partial charge < -0.3 is 18.8 Å². The van der Waals surface area contributed by atoms with E-state index in [1.165, 1.54) is 21.3 Å². The molecule has 0 radical (unpaired) electrons. The van der Waals surface area contributed by atoms with Crippen molar-refractivity contribution in [1.29, 1.82) is 0 Å². The summed E-state index contributed by atoms with van der Waals surface area (Å²) in [7, 11) is 3.81. The summed E-state index contributed by atoms with van der Waals surface area (Å²) in [4.78, 5) is 36.6. The summed E-state index contributed by atoms with van der Waals surface area (Å²) < 4.78 is 17.3. The Balaban J connectivity index is 1.90. The van der Waals surface area contributed by atoms with Crippen LogP contribution in [0.25, 0.3) is 5.69 Å². The zero-order valence-electron chi connectivity index (χ0n) is 19.3. The molecule has 34 heavy (non-hydrogen) atoms. The van der Waals surface area contributed by atoms with E-state index in [-0.39, 0.29) is 22.8 Å². The van der Waals surface area contributed by atoms with E-state index in [4.69, 9.17) is 14.2 Å². The van der Waals surface area contributed by atoms with E-state index >= 15 is 0 Å². The van der Waals surface area contributed by atoms with E-state index in [0.29, 0.717) is 11.3 Å². The number of aryl methyl sites for hydroxylation is 1. The normalized spacial score (nSPS) is 10.4. The number of methoxy groups -OCH3 is 3. The molecule has 0 aliphatic heterocycles. The molecule has 3 aromatic rings. The molecule has 3 rings (SSSR count). The highest BCUT2D eigenvalue weighted by atomic mass is 16.6. The van der Waals surface area contributed by atoms with Gasteiger partial charge in [-0.05, 0) is 32.0 Å². The maximum atomic E-state index is 12.8. The highest BCUT2D eigenvalue weighted by Crippen LogP contribution is 2.46. The lowest BCUT2D eigenvalue weighted by molar-refractivity contribution is -0.386. The third kappa shape index (κ3) is 4.35. The number of nitro groups is 1. The summed E-state index contributed by atoms with van der Waals surface area (Å²) in [5.74, 6) is -1.79. The fraction of sp³-hybridized carbons (Fsp3) is 0.217. The minimum absolute atomic E-state index is 0.0364. The van der Waals surface area contributed by atoms with Gasteiger partial charge in [0.2, 0.25) is 11.5 Å². The van der Waals surface area contributed by atoms with Crippen LogP contribution >= 0.6 is 0 Å². The van der Waals surface area contributed by atoms with E-state index in [1.54, 1.807) is 13.0 Å². The van der Waals surface area contributed by atoms with E-state index in [2.05, 4.69) is 10.9 Å². The molecule has 0 bridgehead atoms. The van der Waals surface area contributed by atoms with Crippen molar-refractivity contribution in [3.63, 3.8) is 0 Å². The highest BCUT2D eigenvalue weighted by Gasteiger charge is 2.32. The number of carbonyl (C=O) groups is 2. The molecule has 0 spiro atoms. The molecule has 2 amide bonds. The molecular weight excluding hydrogens is 444 g/mol. The van der Waals surface area contributed by atoms with Crippen LogP contribution in [0.4, 0.5) is 5.69 Å². The van der Waals surface area contributed by atoms with Crippen LogP contribution in [0, 0.1) is 24.0 Å². The van der Waals surface area contributed by atoms with Crippen molar-refractivity contribution in [2.24, 2.45) is 0 Å². The third-order valence-electron chi connectivity index (χ3n) is 5.21. The molecule has 0 unspecified atom stereocenters. The Bertz CT molecular complexity index is 1250. The molecule has 178 valence electrons. The number of benzene rings is 2. The van der Waals surface area contributed by atoms with Crippen molar-refractivity contribution in [2.75, 3.05) is 21.3 Å². The Morgan fingerprint density at radius 2 is 1.47 bits per heavy atom. The third-order valence-corrected chi connectivity index (χ3v) is 5.21. The van der Waals surface area contributed by atoms with Crippen LogP contribution in [0.5, 0.6) is 17.2 Å². The molecule has 2 N–H and O–H groups in total. The zero-order chi connectivity index (χ0) is 25.0. The molecule has 0 aliphatic rings. The SMILES string of the molecule is COc1cc(C(=O)NNC(=O)c2cc(C)n(-c3ccccc3)c2C)c([N+](=O)[O-])c(OC)c1OC. The van der Waals surface area contributed by atoms with Crippen molar-refractivity contribution in [3.05, 3.63) is 75.1 Å². The van der Waals surface area contributed by atoms with Gasteiger partial charge in [0.25, 0.3) is 11.8 Å². The van der Waals surface area contributed by atoms with Gasteiger partial charge in [-0.15, -0.1) is 0 Å². The first kappa shape index (κ1) is 24.1. The Labute approximate surface area is 195 Å². The average Bonchev–Trinajstić information content (AvgIpc) is 3.14. The second-order valence-electron chi connectivity index (χ2n) is 7.16. The standard InChI is InChI=1S/C23H24N4O7/c1-13-11-16(14(2)26(13)15-9-7-6-8-10-15)22(28)24-25-23(29)17-12-18(32-3)20(33-4)21(34-5)19(17)27(30)31/h6-12H,1-5H3,(H,24,28)(H,25,29). The lowest BCUT2D eigenvalue weighted by Gasteiger charge is -2.15. The van der Waals surface area contributed by atoms with Crippen LogP contribution < -0.4 is 25.1 Å². The number of hydrogen-bond acceptors (Lipinski definition) is 7. The van der Waals surface area contributed by atoms with Gasteiger partial charge in [-0.25, -0.2) is 0 Å². The van der Waals surface area contributed by atoms with Crippen LogP contribution in [0.3, 0.4) is 0 Å². The minimum atomic E-state index is -0.934. The van der Waals surface area contributed by atoms with E-state index in [0.717, 1.165) is 17.4 Å². The molecule has 0 fully saturated rings. The van der Waals surface area contributed by atoms with Crippen LogP contribution in [0.15, 0.2) is 42.5 Å². The number of amides is 2. The Morgan fingerprint density at radius 3 is 2.00 bits per heavy atom. The predicted octanol–water partition coefficient (Wildman–Crippen LogP) is 3.10. The summed E-state index contributed by atoms with van der Waals surface area (Å²) in [6.45, 7) is 3.63. The maximum absolute atomic E-state index is 12.8. The van der Waals surface area contributed by atoms with Gasteiger partial charge in [0, 0.05) is 23.1 Å². The van der Waals surface area contributed by atoms with Crippen molar-refractivity contribution in [3.8, 4) is 22.9 Å². The molecule has 0 saturated carbocycles. The first-order valence-electron chi connectivity index (χ1n) is 10.1. The molecule has 1 aromatic heterocycles. The zero-order valence-corrected chi connectivity index (χ0v) is 19.3. The first-order chi connectivity index (χ1) is 16.2. The second-order valence-corrected chi connectivity index (χ2v) is 7.16. The van der Waals surface area contributed by atoms with Crippen LogP contribution in [0.1, 0.15) is 32.1 Å². The predicted molar refractivity (Wildman–Crippen MR) is 123 cm³/mol. The molecular formula is C23H24N4O7. The molecule has 0 saturated heterocycles. The van der Waals surface area contributed by atoms with E-state index in [1.807, 2.05) is 41.8 Å². The maximum Gasteiger partial charge on any atom is 0.327 e. The average molecular weight is 468 g/mol. The fourth-order valence-corrected chi connectivity index (χ4v) is 3.71. The molecule has 1 heterocycles. The minimum Gasteiger partial charge on any atom is -0.493 e. The van der Waals surface area contributed by atoms with Crippen molar-refractivity contribution < 1.29 is 28.7 Å². The Hall–Kier alpha value is -4.54. The molecule has 0 aliphatic carbocycles. The lowest BCUT2D eigenvalue weighted by Crippen LogP contribution is -2.42. The van der Waals surface area contributed by atoms with Gasteiger partial charge >= 0.3 is 5.69 Å². The van der Waals surface area contributed by atoms with E-state index < -0.39 is 22.4 Å². The second kappa shape index (κ2) is 9.94. The number of hydrazine groups is 1. The van der Waals surface area contributed by atoms with Crippen molar-refractivity contribution >= 4 is 17.5 Å². The smallest absolute Gasteiger partial charge is 0.327 e. The number of aromatic nitrogens is 1. The van der Waals surface area contributed by atoms with Gasteiger partial charge in [-0.1, -0.05) is 18.2 Å². The van der Waals surface area contributed by atoms with Crippen molar-refractivity contribution in [1.82, 2.24) is 15.4 Å². The molecule has 11 heteroatoms. The topological polar surface area (TPSA) is 134 Å². The number of nitrogens with one attached hydrogen (secondary N) is 2. The van der Waals surface area contributed by atoms with E-state index in [9.17, 15) is 19.7 Å². The quantitative estimate of drug-likeness (QED) is 0.402. The van der Waals surface area contributed by atoms with Gasteiger partial charge in [0.05, 0.1) is 31.8 Å². The number of ether oxygens (including phenoxy) is 3. The van der Waals surface area contributed by atoms with Crippen LogP contribution in [-0.4, -0.2) is 42.6 Å². The van der Waals surface area contributed by atoms with Gasteiger partial charge in [0.1, 0.15) is 5.56 Å². The fourth-order valence-electron chi connectivity index (χ4n) is 3.71. The molecule has 11 nitrogen and oxygen atoms in total. The lowest BCUT2D eigenvalue weighted by atomic mass is 10.1. The summed E-state index contributed by atoms with van der Waals surface area (Å²) in [6.07, 6.45) is 0. The Kier molecular flexibility index (Phi) is 7.05. The monoisotopic (exact) mass is 468 g/mol.